The lowest BCUT2D eigenvalue weighted by Crippen LogP contribution is -2.05. The maximum absolute atomic E-state index is 10.2. The van der Waals surface area contributed by atoms with Crippen LogP contribution < -0.4 is 0 Å². The molecular formula is C9H12O3. The van der Waals surface area contributed by atoms with Crippen LogP contribution in [0.3, 0.4) is 0 Å². The Labute approximate surface area is 71.0 Å². The standard InChI is InChI=1S/C9H12O3/c10-8-4-1-7(2-5-8)3-6-9(11)12/h1-2,4,8,10H,3,5-6H2,(H,11,12). The number of aliphatic hydroxyl groups excluding tert-OH is 1. The number of allylic oxidation sites excluding steroid dienone is 2. The Kier molecular flexibility index (Phi) is 3.05. The number of hydrogen-bond acceptors (Lipinski definition) is 2. The van der Waals surface area contributed by atoms with E-state index in [9.17, 15) is 4.79 Å². The lowest BCUT2D eigenvalue weighted by molar-refractivity contribution is -0.136. The van der Waals surface area contributed by atoms with E-state index in [-0.39, 0.29) is 6.42 Å². The summed E-state index contributed by atoms with van der Waals surface area (Å²) in [5.74, 6) is -0.782. The van der Waals surface area contributed by atoms with E-state index in [4.69, 9.17) is 10.2 Å². The zero-order valence-electron chi connectivity index (χ0n) is 6.73. The molecule has 3 nitrogen and oxygen atoms in total. The van der Waals surface area contributed by atoms with Crippen molar-refractivity contribution < 1.29 is 15.0 Å². The van der Waals surface area contributed by atoms with Crippen LogP contribution in [0.25, 0.3) is 0 Å². The van der Waals surface area contributed by atoms with E-state index >= 15 is 0 Å². The molecule has 0 saturated carbocycles. The lowest BCUT2D eigenvalue weighted by atomic mass is 10.0. The second-order valence-corrected chi connectivity index (χ2v) is 2.83. The van der Waals surface area contributed by atoms with Gasteiger partial charge in [-0.05, 0) is 12.8 Å². The van der Waals surface area contributed by atoms with Gasteiger partial charge in [0.1, 0.15) is 0 Å². The smallest absolute Gasteiger partial charge is 0.303 e. The Balaban J connectivity index is 2.35. The quantitative estimate of drug-likeness (QED) is 0.663. The first-order valence-electron chi connectivity index (χ1n) is 3.95. The molecule has 0 spiro atoms. The third-order valence-corrected chi connectivity index (χ3v) is 1.78. The van der Waals surface area contributed by atoms with Crippen LogP contribution in [0.5, 0.6) is 0 Å². The van der Waals surface area contributed by atoms with Gasteiger partial charge in [-0.25, -0.2) is 0 Å². The molecule has 66 valence electrons. The monoisotopic (exact) mass is 168 g/mol. The molecule has 0 fully saturated rings. The molecule has 1 aliphatic rings. The Morgan fingerprint density at radius 1 is 1.67 bits per heavy atom. The number of aliphatic hydroxyl groups is 1. The fourth-order valence-electron chi connectivity index (χ4n) is 1.09. The van der Waals surface area contributed by atoms with E-state index < -0.39 is 12.1 Å². The average molecular weight is 168 g/mol. The zero-order valence-corrected chi connectivity index (χ0v) is 6.73. The number of rotatable bonds is 3. The fourth-order valence-corrected chi connectivity index (χ4v) is 1.09. The van der Waals surface area contributed by atoms with Gasteiger partial charge in [0, 0.05) is 6.42 Å². The minimum Gasteiger partial charge on any atom is -0.481 e. The molecule has 1 unspecified atom stereocenters. The lowest BCUT2D eigenvalue weighted by Gasteiger charge is -2.09. The van der Waals surface area contributed by atoms with Crippen LogP contribution in [0, 0.1) is 0 Å². The first-order valence-corrected chi connectivity index (χ1v) is 3.95. The van der Waals surface area contributed by atoms with E-state index in [0.717, 1.165) is 5.57 Å². The van der Waals surface area contributed by atoms with Gasteiger partial charge in [-0.3, -0.25) is 4.79 Å². The van der Waals surface area contributed by atoms with Gasteiger partial charge in [0.15, 0.2) is 0 Å². The van der Waals surface area contributed by atoms with Gasteiger partial charge in [-0.1, -0.05) is 23.8 Å². The maximum atomic E-state index is 10.2. The Morgan fingerprint density at radius 3 is 2.92 bits per heavy atom. The molecule has 2 N–H and O–H groups in total. The van der Waals surface area contributed by atoms with E-state index in [1.807, 2.05) is 6.08 Å². The summed E-state index contributed by atoms with van der Waals surface area (Å²) in [6.45, 7) is 0. The molecule has 0 heterocycles. The van der Waals surface area contributed by atoms with Crippen molar-refractivity contribution >= 4 is 5.97 Å². The minimum absolute atomic E-state index is 0.159. The van der Waals surface area contributed by atoms with E-state index in [2.05, 4.69) is 0 Å². The van der Waals surface area contributed by atoms with Gasteiger partial charge < -0.3 is 10.2 Å². The van der Waals surface area contributed by atoms with Gasteiger partial charge in [0.05, 0.1) is 6.10 Å². The molecule has 3 heteroatoms. The van der Waals surface area contributed by atoms with Gasteiger partial charge in [-0.2, -0.15) is 0 Å². The number of hydrogen-bond donors (Lipinski definition) is 2. The summed E-state index contributed by atoms with van der Waals surface area (Å²) < 4.78 is 0. The molecule has 1 atom stereocenters. The molecule has 1 rings (SSSR count). The van der Waals surface area contributed by atoms with Crippen molar-refractivity contribution in [1.82, 2.24) is 0 Å². The summed E-state index contributed by atoms with van der Waals surface area (Å²) in [4.78, 5) is 10.2. The summed E-state index contributed by atoms with van der Waals surface area (Å²) in [5, 5.41) is 17.5. The Bertz CT molecular complexity index is 228. The Hall–Kier alpha value is -1.09. The minimum atomic E-state index is -0.782. The highest BCUT2D eigenvalue weighted by atomic mass is 16.4. The van der Waals surface area contributed by atoms with E-state index in [0.29, 0.717) is 12.8 Å². The van der Waals surface area contributed by atoms with Gasteiger partial charge in [0.2, 0.25) is 0 Å². The summed E-state index contributed by atoms with van der Waals surface area (Å²) in [7, 11) is 0. The summed E-state index contributed by atoms with van der Waals surface area (Å²) in [5.41, 5.74) is 1.00. The molecule has 12 heavy (non-hydrogen) atoms. The molecule has 0 saturated heterocycles. The largest absolute Gasteiger partial charge is 0.481 e. The van der Waals surface area contributed by atoms with Crippen LogP contribution in [0.2, 0.25) is 0 Å². The van der Waals surface area contributed by atoms with Gasteiger partial charge in [0.25, 0.3) is 0 Å². The molecule has 0 radical (unpaired) electrons. The highest BCUT2D eigenvalue weighted by molar-refractivity contribution is 5.67. The second kappa shape index (κ2) is 4.07. The van der Waals surface area contributed by atoms with Crippen LogP contribution in [-0.4, -0.2) is 22.3 Å². The second-order valence-electron chi connectivity index (χ2n) is 2.83. The molecule has 0 aliphatic heterocycles. The average Bonchev–Trinajstić information content (AvgIpc) is 2.03. The van der Waals surface area contributed by atoms with Crippen molar-refractivity contribution in [2.75, 3.05) is 0 Å². The van der Waals surface area contributed by atoms with Crippen LogP contribution in [0.1, 0.15) is 19.3 Å². The first kappa shape index (κ1) is 9.00. The van der Waals surface area contributed by atoms with Crippen LogP contribution in [0.15, 0.2) is 23.8 Å². The summed E-state index contributed by atoms with van der Waals surface area (Å²) >= 11 is 0. The summed E-state index contributed by atoms with van der Waals surface area (Å²) in [6.07, 6.45) is 6.29. The highest BCUT2D eigenvalue weighted by Crippen LogP contribution is 2.14. The predicted molar refractivity (Wildman–Crippen MR) is 44.7 cm³/mol. The highest BCUT2D eigenvalue weighted by Gasteiger charge is 2.05. The van der Waals surface area contributed by atoms with Gasteiger partial charge >= 0.3 is 5.97 Å². The summed E-state index contributed by atoms with van der Waals surface area (Å²) in [6, 6.07) is 0. The third-order valence-electron chi connectivity index (χ3n) is 1.78. The fraction of sp³-hybridized carbons (Fsp3) is 0.444. The number of carboxylic acid groups (broad SMARTS) is 1. The predicted octanol–water partition coefficient (Wildman–Crippen LogP) is 1.10. The van der Waals surface area contributed by atoms with Crippen molar-refractivity contribution in [3.63, 3.8) is 0 Å². The molecule has 0 aromatic heterocycles. The van der Waals surface area contributed by atoms with Crippen molar-refractivity contribution in [2.45, 2.75) is 25.4 Å². The zero-order chi connectivity index (χ0) is 8.97. The molecule has 0 aromatic rings. The molecule has 1 aliphatic carbocycles. The van der Waals surface area contributed by atoms with Crippen molar-refractivity contribution in [1.29, 1.82) is 0 Å². The topological polar surface area (TPSA) is 57.5 Å². The number of carboxylic acids is 1. The maximum Gasteiger partial charge on any atom is 0.303 e. The Morgan fingerprint density at radius 2 is 2.42 bits per heavy atom. The van der Waals surface area contributed by atoms with Crippen LogP contribution in [0.4, 0.5) is 0 Å². The molecule has 0 bridgehead atoms. The van der Waals surface area contributed by atoms with Crippen LogP contribution in [-0.2, 0) is 4.79 Å². The van der Waals surface area contributed by atoms with E-state index in [1.54, 1.807) is 12.2 Å². The van der Waals surface area contributed by atoms with Crippen molar-refractivity contribution in [2.24, 2.45) is 0 Å². The SMILES string of the molecule is O=C(O)CCC1=CCC(O)C=C1. The van der Waals surface area contributed by atoms with Crippen molar-refractivity contribution in [3.05, 3.63) is 23.8 Å². The molecular weight excluding hydrogens is 156 g/mol. The first-order chi connectivity index (χ1) is 5.68. The van der Waals surface area contributed by atoms with Gasteiger partial charge in [-0.15, -0.1) is 0 Å². The van der Waals surface area contributed by atoms with E-state index in [1.165, 1.54) is 0 Å². The van der Waals surface area contributed by atoms with Crippen LogP contribution >= 0.6 is 0 Å². The molecule has 0 amide bonds. The van der Waals surface area contributed by atoms with Crippen molar-refractivity contribution in [3.8, 4) is 0 Å². The number of carbonyl (C=O) groups is 1. The molecule has 0 aromatic carbocycles. The normalized spacial score (nSPS) is 22.1. The third kappa shape index (κ3) is 2.88. The number of aliphatic carboxylic acids is 1.